The summed E-state index contributed by atoms with van der Waals surface area (Å²) in [5.41, 5.74) is -0.269. The van der Waals surface area contributed by atoms with E-state index >= 15 is 0 Å². The standard InChI is InChI=1S/C27H36F3N3O3S/c1-17-23(26(2,3)4)37-25(33(17)15-20-9-7-13-35-20)31-24(34)21-14-18(27(28,29)30)10-11-22(21)36-16-19-8-6-12-32(19)5/h10-11,14,19-20H,6-9,12-13,15-16H2,1-5H3/t19-,20+/m0/s1. The van der Waals surface area contributed by atoms with Crippen molar-refractivity contribution < 1.29 is 27.4 Å². The number of alkyl halides is 3. The number of benzene rings is 1. The fraction of sp³-hybridized carbons (Fsp3) is 0.630. The van der Waals surface area contributed by atoms with Crippen molar-refractivity contribution in [3.8, 4) is 5.75 Å². The SMILES string of the molecule is Cc1c(C(C)(C)C)sc(=NC(=O)c2cc(C(F)(F)F)ccc2OC[C@@H]2CCCN2C)n1C[C@H]1CCCO1. The number of amides is 1. The van der Waals surface area contributed by atoms with E-state index in [9.17, 15) is 18.0 Å². The van der Waals surface area contributed by atoms with E-state index < -0.39 is 17.6 Å². The van der Waals surface area contributed by atoms with E-state index in [4.69, 9.17) is 9.47 Å². The molecule has 1 amide bonds. The number of rotatable bonds is 6. The molecule has 2 aliphatic heterocycles. The largest absolute Gasteiger partial charge is 0.491 e. The second kappa shape index (κ2) is 10.9. The lowest BCUT2D eigenvalue weighted by Crippen LogP contribution is -2.31. The predicted molar refractivity (Wildman–Crippen MR) is 137 cm³/mol. The zero-order valence-electron chi connectivity index (χ0n) is 22.2. The van der Waals surface area contributed by atoms with Crippen LogP contribution in [0.5, 0.6) is 5.75 Å². The summed E-state index contributed by atoms with van der Waals surface area (Å²) >= 11 is 1.40. The van der Waals surface area contributed by atoms with Gasteiger partial charge in [-0.1, -0.05) is 20.8 Å². The monoisotopic (exact) mass is 539 g/mol. The molecule has 0 unspecified atom stereocenters. The lowest BCUT2D eigenvalue weighted by Gasteiger charge is -2.20. The van der Waals surface area contributed by atoms with Gasteiger partial charge >= 0.3 is 6.18 Å². The van der Waals surface area contributed by atoms with Crippen molar-refractivity contribution in [3.63, 3.8) is 0 Å². The number of likely N-dealkylation sites (N-methyl/N-ethyl adjacent to an activating group) is 1. The Hall–Kier alpha value is -2.17. The van der Waals surface area contributed by atoms with E-state index in [1.807, 2.05) is 18.5 Å². The minimum absolute atomic E-state index is 0.0195. The van der Waals surface area contributed by atoms with E-state index in [0.29, 0.717) is 24.6 Å². The molecule has 1 aromatic heterocycles. The highest BCUT2D eigenvalue weighted by atomic mass is 32.1. The molecular weight excluding hydrogens is 503 g/mol. The van der Waals surface area contributed by atoms with Gasteiger partial charge in [-0.05, 0) is 69.8 Å². The number of thiazole rings is 1. The molecule has 2 aliphatic rings. The molecule has 2 fully saturated rings. The molecule has 0 N–H and O–H groups in total. The van der Waals surface area contributed by atoms with E-state index in [2.05, 4.69) is 30.7 Å². The van der Waals surface area contributed by atoms with Crippen LogP contribution in [0.2, 0.25) is 0 Å². The summed E-state index contributed by atoms with van der Waals surface area (Å²) < 4.78 is 54.4. The minimum atomic E-state index is -4.59. The maximum atomic E-state index is 13.5. The summed E-state index contributed by atoms with van der Waals surface area (Å²) in [5.74, 6) is -0.624. The fourth-order valence-corrected chi connectivity index (χ4v) is 6.19. The second-order valence-corrected chi connectivity index (χ2v) is 12.0. The summed E-state index contributed by atoms with van der Waals surface area (Å²) in [6, 6.07) is 3.20. The molecule has 6 nitrogen and oxygen atoms in total. The minimum Gasteiger partial charge on any atom is -0.491 e. The Labute approximate surface area is 220 Å². The number of halogens is 3. The number of carbonyl (C=O) groups excluding carboxylic acids is 1. The zero-order valence-corrected chi connectivity index (χ0v) is 23.0. The highest BCUT2D eigenvalue weighted by Gasteiger charge is 2.33. The Morgan fingerprint density at radius 3 is 2.57 bits per heavy atom. The molecular formula is C27H36F3N3O3S. The maximum Gasteiger partial charge on any atom is 0.416 e. The van der Waals surface area contributed by atoms with Gasteiger partial charge in [-0.15, -0.1) is 11.3 Å². The smallest absolute Gasteiger partial charge is 0.416 e. The average molecular weight is 540 g/mol. The molecule has 0 aliphatic carbocycles. The van der Waals surface area contributed by atoms with E-state index in [0.717, 1.165) is 54.9 Å². The summed E-state index contributed by atoms with van der Waals surface area (Å²) in [7, 11) is 1.99. The van der Waals surface area contributed by atoms with Gasteiger partial charge in [0, 0.05) is 23.2 Å². The van der Waals surface area contributed by atoms with Crippen LogP contribution in [0.4, 0.5) is 13.2 Å². The van der Waals surface area contributed by atoms with Crippen LogP contribution in [0.25, 0.3) is 0 Å². The molecule has 3 heterocycles. The van der Waals surface area contributed by atoms with Gasteiger partial charge in [0.2, 0.25) is 0 Å². The van der Waals surface area contributed by atoms with Crippen LogP contribution in [0.15, 0.2) is 23.2 Å². The molecule has 204 valence electrons. The number of ether oxygens (including phenoxy) is 2. The molecule has 0 spiro atoms. The zero-order chi connectivity index (χ0) is 27.0. The molecule has 1 aromatic carbocycles. The molecule has 10 heteroatoms. The Morgan fingerprint density at radius 2 is 1.97 bits per heavy atom. The molecule has 37 heavy (non-hydrogen) atoms. The maximum absolute atomic E-state index is 13.5. The molecule has 0 bridgehead atoms. The Kier molecular flexibility index (Phi) is 8.21. The number of hydrogen-bond donors (Lipinski definition) is 0. The van der Waals surface area contributed by atoms with Crippen molar-refractivity contribution in [2.75, 3.05) is 26.8 Å². The third-order valence-electron chi connectivity index (χ3n) is 7.09. The topological polar surface area (TPSA) is 56.1 Å². The number of nitrogens with zero attached hydrogens (tertiary/aromatic N) is 3. The Morgan fingerprint density at radius 1 is 1.22 bits per heavy atom. The van der Waals surface area contributed by atoms with E-state index in [-0.39, 0.29) is 28.9 Å². The van der Waals surface area contributed by atoms with Crippen LogP contribution < -0.4 is 9.54 Å². The Balaban J connectivity index is 1.73. The quantitative estimate of drug-likeness (QED) is 0.482. The molecule has 0 radical (unpaired) electrons. The van der Waals surface area contributed by atoms with Crippen molar-refractivity contribution in [1.29, 1.82) is 0 Å². The van der Waals surface area contributed by atoms with Gasteiger partial charge in [0.15, 0.2) is 4.80 Å². The van der Waals surface area contributed by atoms with E-state index in [1.165, 1.54) is 17.4 Å². The van der Waals surface area contributed by atoms with Crippen LogP contribution in [-0.2, 0) is 22.9 Å². The third-order valence-corrected chi connectivity index (χ3v) is 8.69. The third kappa shape index (κ3) is 6.46. The average Bonchev–Trinajstić information content (AvgIpc) is 3.54. The lowest BCUT2D eigenvalue weighted by molar-refractivity contribution is -0.137. The number of aromatic nitrogens is 1. The first-order valence-electron chi connectivity index (χ1n) is 12.8. The second-order valence-electron chi connectivity index (χ2n) is 11.0. The highest BCUT2D eigenvalue weighted by Crippen LogP contribution is 2.34. The van der Waals surface area contributed by atoms with Gasteiger partial charge in [-0.25, -0.2) is 0 Å². The summed E-state index contributed by atoms with van der Waals surface area (Å²) in [6.45, 7) is 10.8. The van der Waals surface area contributed by atoms with Gasteiger partial charge in [-0.2, -0.15) is 18.2 Å². The van der Waals surface area contributed by atoms with E-state index in [1.54, 1.807) is 0 Å². The van der Waals surface area contributed by atoms with Gasteiger partial charge in [0.25, 0.3) is 5.91 Å². The lowest BCUT2D eigenvalue weighted by atomic mass is 9.93. The van der Waals surface area contributed by atoms with Crippen molar-refractivity contribution in [2.45, 2.75) is 83.7 Å². The van der Waals surface area contributed by atoms with Crippen LogP contribution in [0.1, 0.15) is 72.9 Å². The van der Waals surface area contributed by atoms with Crippen LogP contribution in [0.3, 0.4) is 0 Å². The van der Waals surface area contributed by atoms with Gasteiger partial charge in [0.1, 0.15) is 12.4 Å². The van der Waals surface area contributed by atoms with Crippen LogP contribution in [0, 0.1) is 6.92 Å². The number of carbonyl (C=O) groups is 1. The summed E-state index contributed by atoms with van der Waals surface area (Å²) in [6.07, 6.45) is -0.687. The molecule has 4 rings (SSSR count). The molecule has 0 saturated carbocycles. The summed E-state index contributed by atoms with van der Waals surface area (Å²) in [4.78, 5) is 21.5. The predicted octanol–water partition coefficient (Wildman–Crippen LogP) is 5.57. The van der Waals surface area contributed by atoms with Crippen molar-refractivity contribution in [1.82, 2.24) is 9.47 Å². The normalized spacial score (nSPS) is 21.7. The Bertz CT molecular complexity index is 1190. The van der Waals surface area contributed by atoms with Crippen molar-refractivity contribution in [3.05, 3.63) is 44.7 Å². The fourth-order valence-electron chi connectivity index (χ4n) is 4.99. The molecule has 2 aromatic rings. The van der Waals surface area contributed by atoms with Crippen molar-refractivity contribution in [2.24, 2.45) is 4.99 Å². The number of likely N-dealkylation sites (tertiary alicyclic amines) is 1. The van der Waals surface area contributed by atoms with Crippen molar-refractivity contribution >= 4 is 17.2 Å². The summed E-state index contributed by atoms with van der Waals surface area (Å²) in [5, 5.41) is 0. The van der Waals surface area contributed by atoms with Gasteiger partial charge < -0.3 is 18.9 Å². The number of hydrogen-bond acceptors (Lipinski definition) is 5. The van der Waals surface area contributed by atoms with Crippen LogP contribution >= 0.6 is 11.3 Å². The molecule has 2 saturated heterocycles. The highest BCUT2D eigenvalue weighted by molar-refractivity contribution is 7.09. The first-order chi connectivity index (χ1) is 17.3. The molecule has 2 atom stereocenters. The first-order valence-corrected chi connectivity index (χ1v) is 13.6. The first kappa shape index (κ1) is 27.9. The van der Waals surface area contributed by atoms with Gasteiger partial charge in [0.05, 0.1) is 23.8 Å². The van der Waals surface area contributed by atoms with Gasteiger partial charge in [-0.3, -0.25) is 4.79 Å². The van der Waals surface area contributed by atoms with Crippen LogP contribution in [-0.4, -0.2) is 54.3 Å².